The van der Waals surface area contributed by atoms with Gasteiger partial charge in [-0.1, -0.05) is 23.7 Å². The monoisotopic (exact) mass is 308 g/mol. The van der Waals surface area contributed by atoms with E-state index in [9.17, 15) is 9.59 Å². The molecule has 0 saturated carbocycles. The van der Waals surface area contributed by atoms with Gasteiger partial charge in [-0.3, -0.25) is 0 Å². The predicted octanol–water partition coefficient (Wildman–Crippen LogP) is 1.29. The number of nitrogens with one attached hydrogen (secondary N) is 3. The predicted molar refractivity (Wildman–Crippen MR) is 79.1 cm³/mol. The normalized spacial score (nSPS) is 14.7. The summed E-state index contributed by atoms with van der Waals surface area (Å²) >= 11 is 5.75. The molecule has 0 atom stereocenters. The minimum atomic E-state index is -0.634. The summed E-state index contributed by atoms with van der Waals surface area (Å²) in [6.45, 7) is 1.94. The van der Waals surface area contributed by atoms with Crippen LogP contribution in [-0.2, 0) is 0 Å². The zero-order valence-corrected chi connectivity index (χ0v) is 11.9. The lowest BCUT2D eigenvalue weighted by Crippen LogP contribution is -2.55. The number of carbonyl (C=O) groups excluding carboxylic acids is 2. The third kappa shape index (κ3) is 4.46. The highest BCUT2D eigenvalue weighted by Gasteiger charge is 2.20. The summed E-state index contributed by atoms with van der Waals surface area (Å²) in [5.74, 6) is 0. The molecule has 110 valence electrons. The molecule has 1 heterocycles. The first-order valence-electron chi connectivity index (χ1n) is 6.00. The number of hydrogen-bond acceptors (Lipinski definition) is 4. The van der Waals surface area contributed by atoms with Crippen LogP contribution in [0.4, 0.5) is 9.59 Å². The molecular formula is C12H13ClN6O2. The van der Waals surface area contributed by atoms with Gasteiger partial charge in [-0.2, -0.15) is 10.2 Å². The van der Waals surface area contributed by atoms with Crippen molar-refractivity contribution in [2.45, 2.75) is 6.92 Å². The molecule has 0 saturated heterocycles. The van der Waals surface area contributed by atoms with Crippen LogP contribution in [0.25, 0.3) is 0 Å². The molecule has 0 aliphatic carbocycles. The second-order valence-corrected chi connectivity index (χ2v) is 4.65. The van der Waals surface area contributed by atoms with Crippen LogP contribution in [-0.4, -0.2) is 35.5 Å². The SMILES string of the molecule is CC1=NNC(=O)N(NC(=O)N/N=C/c2ccc(Cl)cc2)C1. The van der Waals surface area contributed by atoms with Crippen LogP contribution in [0, 0.1) is 0 Å². The van der Waals surface area contributed by atoms with Crippen molar-refractivity contribution in [3.05, 3.63) is 34.9 Å². The van der Waals surface area contributed by atoms with E-state index in [0.717, 1.165) is 10.6 Å². The van der Waals surface area contributed by atoms with Crippen molar-refractivity contribution in [2.75, 3.05) is 6.54 Å². The fourth-order valence-corrected chi connectivity index (χ4v) is 1.62. The Kier molecular flexibility index (Phi) is 4.72. The molecule has 21 heavy (non-hydrogen) atoms. The smallest absolute Gasteiger partial charge is 0.245 e. The summed E-state index contributed by atoms with van der Waals surface area (Å²) in [4.78, 5) is 23.0. The molecule has 2 rings (SSSR count). The average molecular weight is 309 g/mol. The Hall–Kier alpha value is -2.61. The molecule has 0 radical (unpaired) electrons. The van der Waals surface area contributed by atoms with Gasteiger partial charge in [0.05, 0.1) is 18.5 Å². The molecule has 3 N–H and O–H groups in total. The first-order valence-corrected chi connectivity index (χ1v) is 6.38. The first kappa shape index (κ1) is 14.8. The Labute approximate surface area is 125 Å². The maximum absolute atomic E-state index is 11.6. The molecule has 0 bridgehead atoms. The Bertz CT molecular complexity index is 598. The van der Waals surface area contributed by atoms with Crippen LogP contribution < -0.4 is 16.3 Å². The summed E-state index contributed by atoms with van der Waals surface area (Å²) in [5.41, 5.74) is 8.30. The average Bonchev–Trinajstić information content (AvgIpc) is 2.45. The van der Waals surface area contributed by atoms with Crippen molar-refractivity contribution in [1.82, 2.24) is 21.3 Å². The van der Waals surface area contributed by atoms with Crippen molar-refractivity contribution < 1.29 is 9.59 Å². The Balaban J connectivity index is 1.83. The third-order valence-corrected chi connectivity index (χ3v) is 2.71. The highest BCUT2D eigenvalue weighted by atomic mass is 35.5. The zero-order valence-electron chi connectivity index (χ0n) is 11.1. The third-order valence-electron chi connectivity index (χ3n) is 2.46. The van der Waals surface area contributed by atoms with E-state index in [4.69, 9.17) is 11.6 Å². The van der Waals surface area contributed by atoms with Crippen LogP contribution in [0.2, 0.25) is 5.02 Å². The molecule has 0 aromatic heterocycles. The van der Waals surface area contributed by atoms with E-state index in [2.05, 4.69) is 26.5 Å². The summed E-state index contributed by atoms with van der Waals surface area (Å²) in [5, 5.41) is 9.21. The van der Waals surface area contributed by atoms with E-state index >= 15 is 0 Å². The van der Waals surface area contributed by atoms with E-state index < -0.39 is 12.1 Å². The number of amides is 4. The second-order valence-electron chi connectivity index (χ2n) is 4.21. The van der Waals surface area contributed by atoms with Crippen LogP contribution in [0.1, 0.15) is 12.5 Å². The number of hydrogen-bond donors (Lipinski definition) is 3. The Morgan fingerprint density at radius 2 is 2.19 bits per heavy atom. The molecular weight excluding hydrogens is 296 g/mol. The Morgan fingerprint density at radius 3 is 2.90 bits per heavy atom. The van der Waals surface area contributed by atoms with E-state index in [1.165, 1.54) is 6.21 Å². The van der Waals surface area contributed by atoms with Crippen molar-refractivity contribution in [2.24, 2.45) is 10.2 Å². The molecule has 0 fully saturated rings. The minimum absolute atomic E-state index is 0.208. The molecule has 1 aliphatic rings. The number of carbonyl (C=O) groups is 2. The van der Waals surface area contributed by atoms with Crippen LogP contribution in [0.5, 0.6) is 0 Å². The van der Waals surface area contributed by atoms with Gasteiger partial charge in [0.1, 0.15) is 0 Å². The maximum atomic E-state index is 11.6. The van der Waals surface area contributed by atoms with Gasteiger partial charge < -0.3 is 0 Å². The molecule has 1 aromatic rings. The second kappa shape index (κ2) is 6.71. The van der Waals surface area contributed by atoms with Gasteiger partial charge >= 0.3 is 12.1 Å². The lowest BCUT2D eigenvalue weighted by atomic mass is 10.2. The van der Waals surface area contributed by atoms with Gasteiger partial charge in [0.2, 0.25) is 0 Å². The van der Waals surface area contributed by atoms with Crippen molar-refractivity contribution in [1.29, 1.82) is 0 Å². The number of hydrazine groups is 1. The number of rotatable bonds is 3. The number of halogens is 1. The number of nitrogens with zero attached hydrogens (tertiary/aromatic N) is 3. The lowest BCUT2D eigenvalue weighted by Gasteiger charge is -2.25. The van der Waals surface area contributed by atoms with Crippen molar-refractivity contribution in [3.63, 3.8) is 0 Å². The van der Waals surface area contributed by atoms with Gasteiger partial charge in [0.15, 0.2) is 0 Å². The maximum Gasteiger partial charge on any atom is 0.356 e. The first-order chi connectivity index (χ1) is 10.0. The van der Waals surface area contributed by atoms with Crippen LogP contribution in [0.15, 0.2) is 34.5 Å². The van der Waals surface area contributed by atoms with E-state index in [1.807, 2.05) is 0 Å². The van der Waals surface area contributed by atoms with Crippen LogP contribution in [0.3, 0.4) is 0 Å². The lowest BCUT2D eigenvalue weighted by molar-refractivity contribution is 0.173. The van der Waals surface area contributed by atoms with E-state index in [0.29, 0.717) is 10.7 Å². The van der Waals surface area contributed by atoms with Gasteiger partial charge in [-0.15, -0.1) is 0 Å². The topological polar surface area (TPSA) is 98.2 Å². The summed E-state index contributed by atoms with van der Waals surface area (Å²) in [6.07, 6.45) is 1.46. The molecule has 1 aliphatic heterocycles. The minimum Gasteiger partial charge on any atom is -0.245 e. The van der Waals surface area contributed by atoms with E-state index in [1.54, 1.807) is 31.2 Å². The molecule has 8 nitrogen and oxygen atoms in total. The number of benzene rings is 1. The Morgan fingerprint density at radius 1 is 1.48 bits per heavy atom. The molecule has 1 aromatic carbocycles. The highest BCUT2D eigenvalue weighted by Crippen LogP contribution is 2.07. The largest absolute Gasteiger partial charge is 0.356 e. The van der Waals surface area contributed by atoms with Crippen molar-refractivity contribution >= 4 is 35.6 Å². The summed E-state index contributed by atoms with van der Waals surface area (Å²) in [7, 11) is 0. The van der Waals surface area contributed by atoms with Gasteiger partial charge in [-0.25, -0.2) is 30.9 Å². The molecule has 4 amide bonds. The highest BCUT2D eigenvalue weighted by molar-refractivity contribution is 6.30. The van der Waals surface area contributed by atoms with Crippen molar-refractivity contribution in [3.8, 4) is 0 Å². The zero-order chi connectivity index (χ0) is 15.2. The van der Waals surface area contributed by atoms with Gasteiger partial charge in [-0.05, 0) is 24.6 Å². The van der Waals surface area contributed by atoms with E-state index in [-0.39, 0.29) is 6.54 Å². The fraction of sp³-hybridized carbons (Fsp3) is 0.167. The molecule has 0 unspecified atom stereocenters. The molecule has 0 spiro atoms. The van der Waals surface area contributed by atoms with Gasteiger partial charge in [0.25, 0.3) is 0 Å². The molecule has 9 heteroatoms. The standard InChI is InChI=1S/C12H13ClN6O2/c1-8-7-19(12(21)17-15-8)18-11(20)16-14-6-9-2-4-10(13)5-3-9/h2-6H,7H2,1H3,(H,17,21)(H2,16,18,20)/b14-6+. The number of hydrazone groups is 2. The van der Waals surface area contributed by atoms with Gasteiger partial charge in [0, 0.05) is 5.02 Å². The fourth-order valence-electron chi connectivity index (χ4n) is 1.49. The summed E-state index contributed by atoms with van der Waals surface area (Å²) < 4.78 is 0. The summed E-state index contributed by atoms with van der Waals surface area (Å²) in [6, 6.07) is 5.78. The quantitative estimate of drug-likeness (QED) is 0.579. The van der Waals surface area contributed by atoms with Crippen LogP contribution >= 0.6 is 11.6 Å². The number of urea groups is 2.